The number of aromatic amines is 1. The highest BCUT2D eigenvalue weighted by molar-refractivity contribution is 7.81. The molecule has 0 amide bonds. The van der Waals surface area contributed by atoms with Gasteiger partial charge in [0.1, 0.15) is 4.51 Å². The van der Waals surface area contributed by atoms with Gasteiger partial charge in [-0.25, -0.2) is 4.68 Å². The van der Waals surface area contributed by atoms with Crippen molar-refractivity contribution in [1.82, 2.24) is 9.78 Å². The van der Waals surface area contributed by atoms with Crippen molar-refractivity contribution >= 4 is 24.8 Å². The number of hydrogen-bond donors (Lipinski definition) is 2. The molecule has 0 saturated heterocycles. The average Bonchev–Trinajstić information content (AvgIpc) is 2.27. The van der Waals surface area contributed by atoms with E-state index in [1.54, 1.807) is 6.20 Å². The van der Waals surface area contributed by atoms with Gasteiger partial charge in [-0.1, -0.05) is 30.4 Å². The summed E-state index contributed by atoms with van der Waals surface area (Å²) in [5.41, 5.74) is 0.491. The maximum atomic E-state index is 11.8. The van der Waals surface area contributed by atoms with Crippen LogP contribution in [0.15, 0.2) is 46.2 Å². The van der Waals surface area contributed by atoms with Gasteiger partial charge in [-0.3, -0.25) is 9.89 Å². The van der Waals surface area contributed by atoms with Crippen LogP contribution < -0.4 is 5.56 Å². The summed E-state index contributed by atoms with van der Waals surface area (Å²) in [4.78, 5) is 12.3. The lowest BCUT2D eigenvalue weighted by atomic mass is 10.3. The monoisotopic (exact) mass is 236 g/mol. The number of thiol groups is 1. The molecule has 15 heavy (non-hydrogen) atoms. The molecule has 1 N–H and O–H groups in total. The van der Waals surface area contributed by atoms with Gasteiger partial charge in [0, 0.05) is 11.1 Å². The van der Waals surface area contributed by atoms with Crippen LogP contribution in [0, 0.1) is 4.51 Å². The first-order valence-corrected chi connectivity index (χ1v) is 5.15. The summed E-state index contributed by atoms with van der Waals surface area (Å²) in [5, 5.41) is 2.82. The number of nitrogens with one attached hydrogen (secondary N) is 1. The smallest absolute Gasteiger partial charge is 0.289 e. The summed E-state index contributed by atoms with van der Waals surface area (Å²) in [6, 6.07) is 9.24. The molecule has 1 aromatic carbocycles. The van der Waals surface area contributed by atoms with Crippen LogP contribution in [0.5, 0.6) is 0 Å². The van der Waals surface area contributed by atoms with Gasteiger partial charge in [-0.15, -0.1) is 12.6 Å². The van der Waals surface area contributed by atoms with E-state index in [-0.39, 0.29) is 10.1 Å². The van der Waals surface area contributed by atoms with Crippen molar-refractivity contribution in [2.24, 2.45) is 0 Å². The van der Waals surface area contributed by atoms with Crippen LogP contribution in [0.1, 0.15) is 0 Å². The fraction of sp³-hybridized carbons (Fsp3) is 0. The van der Waals surface area contributed by atoms with E-state index in [1.807, 2.05) is 30.3 Å². The number of benzene rings is 1. The summed E-state index contributed by atoms with van der Waals surface area (Å²) in [6.45, 7) is 0. The van der Waals surface area contributed by atoms with Crippen LogP contribution in [-0.2, 0) is 0 Å². The van der Waals surface area contributed by atoms with Gasteiger partial charge < -0.3 is 0 Å². The van der Waals surface area contributed by atoms with Gasteiger partial charge in [0.05, 0.1) is 5.69 Å². The number of aromatic nitrogens is 2. The lowest BCUT2D eigenvalue weighted by Gasteiger charge is -2.05. The second-order valence-electron chi connectivity index (χ2n) is 2.96. The molecule has 1 heterocycles. The quantitative estimate of drug-likeness (QED) is 0.588. The molecule has 0 saturated carbocycles. The van der Waals surface area contributed by atoms with Crippen LogP contribution in [0.3, 0.4) is 0 Å². The van der Waals surface area contributed by atoms with E-state index < -0.39 is 0 Å². The van der Waals surface area contributed by atoms with E-state index in [4.69, 9.17) is 12.2 Å². The number of hydrogen-bond acceptors (Lipinski definition) is 3. The molecule has 0 fully saturated rings. The van der Waals surface area contributed by atoms with Crippen molar-refractivity contribution in [2.45, 2.75) is 4.90 Å². The first kappa shape index (κ1) is 10.2. The molecule has 0 unspecified atom stereocenters. The Hall–Kier alpha value is -1.33. The predicted octanol–water partition coefficient (Wildman–Crippen LogP) is 2.18. The lowest BCUT2D eigenvalue weighted by Crippen LogP contribution is -2.21. The van der Waals surface area contributed by atoms with Crippen molar-refractivity contribution in [1.29, 1.82) is 0 Å². The number of rotatable bonds is 1. The molecule has 0 bridgehead atoms. The maximum absolute atomic E-state index is 11.8. The van der Waals surface area contributed by atoms with Gasteiger partial charge in [-0.05, 0) is 12.1 Å². The molecule has 1 aromatic heterocycles. The third kappa shape index (κ3) is 1.88. The number of para-hydroxylation sites is 1. The summed E-state index contributed by atoms with van der Waals surface area (Å²) in [5.74, 6) is 0. The number of nitrogens with zero attached hydrogens (tertiary/aromatic N) is 1. The van der Waals surface area contributed by atoms with Crippen molar-refractivity contribution in [3.05, 3.63) is 51.4 Å². The van der Waals surface area contributed by atoms with E-state index in [2.05, 4.69) is 17.7 Å². The number of H-pyrrole nitrogens is 1. The second kappa shape index (κ2) is 4.04. The molecule has 76 valence electrons. The SMILES string of the molecule is O=c1c(=S)c(S)c[nH]n1-c1ccccc1. The first-order chi connectivity index (χ1) is 7.20. The Morgan fingerprint density at radius 2 is 1.93 bits per heavy atom. The third-order valence-electron chi connectivity index (χ3n) is 1.97. The van der Waals surface area contributed by atoms with Crippen LogP contribution in [0.2, 0.25) is 0 Å². The van der Waals surface area contributed by atoms with Gasteiger partial charge in [0.2, 0.25) is 0 Å². The highest BCUT2D eigenvalue weighted by atomic mass is 32.1. The lowest BCUT2D eigenvalue weighted by molar-refractivity contribution is 0.786. The van der Waals surface area contributed by atoms with E-state index >= 15 is 0 Å². The fourth-order valence-corrected chi connectivity index (χ4v) is 1.53. The highest BCUT2D eigenvalue weighted by Gasteiger charge is 2.01. The van der Waals surface area contributed by atoms with Gasteiger partial charge in [0.15, 0.2) is 0 Å². The minimum atomic E-state index is -0.260. The zero-order chi connectivity index (χ0) is 10.8. The molecular formula is C10H8N2OS2. The third-order valence-corrected chi connectivity index (χ3v) is 2.87. The minimum absolute atomic E-state index is 0.223. The van der Waals surface area contributed by atoms with Crippen LogP contribution in [-0.4, -0.2) is 9.78 Å². The van der Waals surface area contributed by atoms with E-state index in [9.17, 15) is 4.79 Å². The minimum Gasteiger partial charge on any atom is -0.297 e. The van der Waals surface area contributed by atoms with E-state index in [0.717, 1.165) is 5.69 Å². The van der Waals surface area contributed by atoms with Crippen LogP contribution in [0.25, 0.3) is 5.69 Å². The molecule has 0 radical (unpaired) electrons. The molecule has 5 heteroatoms. The van der Waals surface area contributed by atoms with Crippen LogP contribution in [0.4, 0.5) is 0 Å². The molecule has 0 atom stereocenters. The largest absolute Gasteiger partial charge is 0.297 e. The standard InChI is InChI=1S/C10H8N2OS2/c13-10-9(15)8(14)6-11-12(10)7-4-2-1-3-5-7/h1-6,11,14H. The summed E-state index contributed by atoms with van der Waals surface area (Å²) in [6.07, 6.45) is 1.60. The van der Waals surface area contributed by atoms with Crippen molar-refractivity contribution in [3.8, 4) is 5.69 Å². The average molecular weight is 236 g/mol. The Labute approximate surface area is 96.8 Å². The van der Waals surface area contributed by atoms with E-state index in [0.29, 0.717) is 4.90 Å². The zero-order valence-electron chi connectivity index (χ0n) is 7.68. The molecule has 0 spiro atoms. The summed E-state index contributed by atoms with van der Waals surface area (Å²) < 4.78 is 1.61. The maximum Gasteiger partial charge on any atom is 0.289 e. The predicted molar refractivity (Wildman–Crippen MR) is 64.5 cm³/mol. The van der Waals surface area contributed by atoms with Gasteiger partial charge in [0.25, 0.3) is 5.56 Å². The molecule has 2 aromatic rings. The van der Waals surface area contributed by atoms with Crippen molar-refractivity contribution in [3.63, 3.8) is 0 Å². The Kier molecular flexibility index (Phi) is 2.75. The topological polar surface area (TPSA) is 37.8 Å². The summed E-state index contributed by atoms with van der Waals surface area (Å²) >= 11 is 9.03. The van der Waals surface area contributed by atoms with Crippen molar-refractivity contribution in [2.75, 3.05) is 0 Å². The fourth-order valence-electron chi connectivity index (χ4n) is 1.23. The molecule has 0 aliphatic heterocycles. The summed E-state index contributed by atoms with van der Waals surface area (Å²) in [7, 11) is 0. The normalized spacial score (nSPS) is 10.2. The zero-order valence-corrected chi connectivity index (χ0v) is 9.39. The van der Waals surface area contributed by atoms with Crippen LogP contribution >= 0.6 is 24.8 Å². The molecule has 0 aliphatic rings. The highest BCUT2D eigenvalue weighted by Crippen LogP contribution is 2.05. The Morgan fingerprint density at radius 3 is 2.60 bits per heavy atom. The molecule has 3 nitrogen and oxygen atoms in total. The van der Waals surface area contributed by atoms with E-state index in [1.165, 1.54) is 4.68 Å². The first-order valence-electron chi connectivity index (χ1n) is 4.29. The molecule has 2 rings (SSSR count). The van der Waals surface area contributed by atoms with Gasteiger partial charge in [-0.2, -0.15) is 0 Å². The Bertz CT molecular complexity index is 586. The van der Waals surface area contributed by atoms with Crippen molar-refractivity contribution < 1.29 is 0 Å². The molecular weight excluding hydrogens is 228 g/mol. The Balaban J connectivity index is 2.72. The second-order valence-corrected chi connectivity index (χ2v) is 3.85. The Morgan fingerprint density at radius 1 is 1.27 bits per heavy atom. The van der Waals surface area contributed by atoms with Gasteiger partial charge >= 0.3 is 0 Å². The molecule has 0 aliphatic carbocycles.